The molecule has 0 spiro atoms. The summed E-state index contributed by atoms with van der Waals surface area (Å²) in [4.78, 5) is 4.53. The van der Waals surface area contributed by atoms with Gasteiger partial charge in [-0.3, -0.25) is 0 Å². The molecule has 1 unspecified atom stereocenters. The Kier molecular flexibility index (Phi) is 3.62. The highest BCUT2D eigenvalue weighted by atomic mass is 16.5. The Morgan fingerprint density at radius 1 is 1.14 bits per heavy atom. The smallest absolute Gasteiger partial charge is 0.143 e. The van der Waals surface area contributed by atoms with Crippen LogP contribution in [0.4, 0.5) is 0 Å². The van der Waals surface area contributed by atoms with Gasteiger partial charge >= 0.3 is 0 Å². The minimum Gasteiger partial charge on any atom is -0.494 e. The molecule has 1 heterocycles. The van der Waals surface area contributed by atoms with E-state index >= 15 is 0 Å². The van der Waals surface area contributed by atoms with E-state index < -0.39 is 6.10 Å². The van der Waals surface area contributed by atoms with Crippen molar-refractivity contribution in [2.24, 2.45) is 7.05 Å². The van der Waals surface area contributed by atoms with Gasteiger partial charge in [0.05, 0.1) is 17.6 Å². The van der Waals surface area contributed by atoms with Crippen molar-refractivity contribution in [2.45, 2.75) is 13.0 Å². The lowest BCUT2D eigenvalue weighted by Crippen LogP contribution is -2.07. The van der Waals surface area contributed by atoms with E-state index in [1.807, 2.05) is 67.1 Å². The van der Waals surface area contributed by atoms with Crippen LogP contribution in [0.25, 0.3) is 11.0 Å². The Morgan fingerprint density at radius 3 is 2.52 bits per heavy atom. The molecule has 0 aliphatic heterocycles. The molecule has 1 N–H and O–H groups in total. The fraction of sp³-hybridized carbons (Fsp3) is 0.235. The van der Waals surface area contributed by atoms with Crippen molar-refractivity contribution in [3.63, 3.8) is 0 Å². The zero-order valence-corrected chi connectivity index (χ0v) is 12.2. The second-order valence-corrected chi connectivity index (χ2v) is 4.92. The molecule has 0 fully saturated rings. The largest absolute Gasteiger partial charge is 0.494 e. The zero-order valence-electron chi connectivity index (χ0n) is 12.2. The van der Waals surface area contributed by atoms with Crippen LogP contribution in [-0.2, 0) is 7.05 Å². The van der Waals surface area contributed by atoms with Crippen molar-refractivity contribution in [1.29, 1.82) is 0 Å². The molecule has 0 aliphatic carbocycles. The van der Waals surface area contributed by atoms with E-state index in [9.17, 15) is 5.11 Å². The van der Waals surface area contributed by atoms with Crippen LogP contribution < -0.4 is 4.74 Å². The molecular weight excluding hydrogens is 264 g/mol. The number of ether oxygens (including phenoxy) is 1. The third-order valence-corrected chi connectivity index (χ3v) is 3.57. The van der Waals surface area contributed by atoms with E-state index in [1.165, 1.54) is 0 Å². The van der Waals surface area contributed by atoms with Crippen molar-refractivity contribution in [2.75, 3.05) is 6.61 Å². The van der Waals surface area contributed by atoms with Gasteiger partial charge in [0.2, 0.25) is 0 Å². The van der Waals surface area contributed by atoms with Crippen molar-refractivity contribution in [1.82, 2.24) is 9.55 Å². The lowest BCUT2D eigenvalue weighted by atomic mass is 10.1. The van der Waals surface area contributed by atoms with Gasteiger partial charge in [0.25, 0.3) is 0 Å². The molecule has 108 valence electrons. The van der Waals surface area contributed by atoms with Gasteiger partial charge < -0.3 is 14.4 Å². The summed E-state index contributed by atoms with van der Waals surface area (Å²) in [5.41, 5.74) is 2.70. The summed E-state index contributed by atoms with van der Waals surface area (Å²) in [5.74, 6) is 1.44. The minimum atomic E-state index is -0.752. The number of aliphatic hydroxyl groups is 1. The molecule has 0 saturated heterocycles. The summed E-state index contributed by atoms with van der Waals surface area (Å²) < 4.78 is 7.34. The Labute approximate surface area is 123 Å². The first-order valence-corrected chi connectivity index (χ1v) is 7.03. The van der Waals surface area contributed by atoms with Crippen molar-refractivity contribution < 1.29 is 9.84 Å². The molecule has 4 heteroatoms. The Hall–Kier alpha value is -2.33. The second-order valence-electron chi connectivity index (χ2n) is 4.92. The fourth-order valence-electron chi connectivity index (χ4n) is 2.47. The molecule has 0 radical (unpaired) electrons. The Morgan fingerprint density at radius 2 is 1.86 bits per heavy atom. The number of aromatic nitrogens is 2. The monoisotopic (exact) mass is 282 g/mol. The number of rotatable bonds is 4. The van der Waals surface area contributed by atoms with Gasteiger partial charge in [0.15, 0.2) is 0 Å². The van der Waals surface area contributed by atoms with Crippen LogP contribution in [0.1, 0.15) is 24.4 Å². The number of fused-ring (bicyclic) bond motifs is 1. The van der Waals surface area contributed by atoms with Gasteiger partial charge in [-0.05, 0) is 36.8 Å². The third kappa shape index (κ3) is 2.50. The molecule has 1 atom stereocenters. The fourth-order valence-corrected chi connectivity index (χ4v) is 2.47. The van der Waals surface area contributed by atoms with Gasteiger partial charge in [-0.15, -0.1) is 0 Å². The number of benzene rings is 2. The predicted octanol–water partition coefficient (Wildman–Crippen LogP) is 3.05. The molecule has 21 heavy (non-hydrogen) atoms. The number of nitrogens with zero attached hydrogens (tertiary/aromatic N) is 2. The number of aryl methyl sites for hydroxylation is 1. The highest BCUT2D eigenvalue weighted by Crippen LogP contribution is 2.26. The van der Waals surface area contributed by atoms with Crippen LogP contribution in [0.2, 0.25) is 0 Å². The number of hydrogen-bond donors (Lipinski definition) is 1. The molecule has 0 amide bonds. The maximum atomic E-state index is 10.6. The van der Waals surface area contributed by atoms with E-state index in [-0.39, 0.29) is 0 Å². The topological polar surface area (TPSA) is 47.3 Å². The van der Waals surface area contributed by atoms with Gasteiger partial charge in [-0.2, -0.15) is 0 Å². The lowest BCUT2D eigenvalue weighted by Gasteiger charge is -2.12. The van der Waals surface area contributed by atoms with Crippen LogP contribution in [0.5, 0.6) is 5.75 Å². The molecule has 3 rings (SSSR count). The molecule has 2 aromatic carbocycles. The summed E-state index contributed by atoms with van der Waals surface area (Å²) in [7, 11) is 1.92. The lowest BCUT2D eigenvalue weighted by molar-refractivity contribution is 0.206. The van der Waals surface area contributed by atoms with Crippen LogP contribution in [0, 0.1) is 0 Å². The molecule has 4 nitrogen and oxygen atoms in total. The summed E-state index contributed by atoms with van der Waals surface area (Å²) in [6, 6.07) is 15.3. The van der Waals surface area contributed by atoms with Gasteiger partial charge in [-0.1, -0.05) is 24.3 Å². The number of hydrogen-bond acceptors (Lipinski definition) is 3. The van der Waals surface area contributed by atoms with Crippen LogP contribution in [0.15, 0.2) is 48.5 Å². The maximum Gasteiger partial charge on any atom is 0.143 e. The second kappa shape index (κ2) is 5.58. The number of imidazole rings is 1. The first-order valence-electron chi connectivity index (χ1n) is 7.03. The first-order chi connectivity index (χ1) is 10.2. The Bertz CT molecular complexity index is 747. The number of aliphatic hydroxyl groups excluding tert-OH is 1. The SMILES string of the molecule is CCOc1ccc(C(O)c2nc3ccccc3n2C)cc1. The van der Waals surface area contributed by atoms with Crippen molar-refractivity contribution >= 4 is 11.0 Å². The van der Waals surface area contributed by atoms with E-state index in [4.69, 9.17) is 4.74 Å². The number of para-hydroxylation sites is 2. The zero-order chi connectivity index (χ0) is 14.8. The predicted molar refractivity (Wildman–Crippen MR) is 82.4 cm³/mol. The molecular formula is C17H18N2O2. The first kappa shape index (κ1) is 13.6. The standard InChI is InChI=1S/C17H18N2O2/c1-3-21-13-10-8-12(9-11-13)16(20)17-18-14-6-4-5-7-15(14)19(17)2/h4-11,16,20H,3H2,1-2H3. The minimum absolute atomic E-state index is 0.632. The van der Waals surface area contributed by atoms with Crippen molar-refractivity contribution in [3.05, 3.63) is 59.9 Å². The quantitative estimate of drug-likeness (QED) is 0.800. The van der Waals surface area contributed by atoms with Crippen LogP contribution in [-0.4, -0.2) is 21.3 Å². The highest BCUT2D eigenvalue weighted by molar-refractivity contribution is 5.76. The van der Waals surface area contributed by atoms with E-state index in [0.29, 0.717) is 12.4 Å². The van der Waals surface area contributed by atoms with Gasteiger partial charge in [-0.25, -0.2) is 4.98 Å². The summed E-state index contributed by atoms with van der Waals surface area (Å²) in [6.07, 6.45) is -0.752. The average molecular weight is 282 g/mol. The average Bonchev–Trinajstić information content (AvgIpc) is 2.85. The highest BCUT2D eigenvalue weighted by Gasteiger charge is 2.17. The van der Waals surface area contributed by atoms with Gasteiger partial charge in [0, 0.05) is 7.05 Å². The summed E-state index contributed by atoms with van der Waals surface area (Å²) >= 11 is 0. The normalized spacial score (nSPS) is 12.5. The van der Waals surface area contributed by atoms with E-state index in [1.54, 1.807) is 0 Å². The molecule has 1 aromatic heterocycles. The molecule has 0 saturated carbocycles. The van der Waals surface area contributed by atoms with E-state index in [2.05, 4.69) is 4.98 Å². The third-order valence-electron chi connectivity index (χ3n) is 3.57. The maximum absolute atomic E-state index is 10.6. The van der Waals surface area contributed by atoms with E-state index in [0.717, 1.165) is 22.3 Å². The molecule has 0 bridgehead atoms. The Balaban J connectivity index is 1.96. The summed E-state index contributed by atoms with van der Waals surface area (Å²) in [5, 5.41) is 10.6. The van der Waals surface area contributed by atoms with Crippen LogP contribution in [0.3, 0.4) is 0 Å². The van der Waals surface area contributed by atoms with Crippen molar-refractivity contribution in [3.8, 4) is 5.75 Å². The molecule has 3 aromatic rings. The van der Waals surface area contributed by atoms with Gasteiger partial charge in [0.1, 0.15) is 17.7 Å². The van der Waals surface area contributed by atoms with Crippen LogP contribution >= 0.6 is 0 Å². The summed E-state index contributed by atoms with van der Waals surface area (Å²) in [6.45, 7) is 2.58. The molecule has 0 aliphatic rings.